The minimum Gasteiger partial charge on any atom is -0.464 e. The number of hydrogen-bond donors (Lipinski definition) is 2. The highest BCUT2D eigenvalue weighted by Crippen LogP contribution is 2.26. The molecule has 1 heterocycles. The van der Waals surface area contributed by atoms with Gasteiger partial charge < -0.3 is 10.0 Å². The number of amides is 1. The van der Waals surface area contributed by atoms with Crippen LogP contribution in [0.25, 0.3) is 0 Å². The van der Waals surface area contributed by atoms with Gasteiger partial charge in [-0.25, -0.2) is 4.79 Å². The predicted molar refractivity (Wildman–Crippen MR) is 116 cm³/mol. The molecule has 2 N–H and O–H groups in total. The second kappa shape index (κ2) is 11.1. The number of hydrogen-bond acceptors (Lipinski definition) is 4. The fraction of sp³-hybridized carbons (Fsp3) is 0.409. The van der Waals surface area contributed by atoms with Gasteiger partial charge in [-0.2, -0.15) is 0 Å². The molecule has 0 saturated carbocycles. The predicted octanol–water partition coefficient (Wildman–Crippen LogP) is 3.89. The van der Waals surface area contributed by atoms with Gasteiger partial charge in [-0.3, -0.25) is 9.62 Å². The van der Waals surface area contributed by atoms with E-state index in [-0.39, 0.29) is 0 Å². The molecule has 28 heavy (non-hydrogen) atoms. The van der Waals surface area contributed by atoms with Crippen molar-refractivity contribution < 1.29 is 9.90 Å². The molecule has 6 heteroatoms. The third-order valence-corrected chi connectivity index (χ3v) is 6.00. The number of carbonyl (C=O) groups is 1. The first kappa shape index (κ1) is 20.7. The molecule has 0 radical (unpaired) electrons. The minimum absolute atomic E-state index is 0.334. The molecule has 2 aromatic rings. The molecule has 1 saturated heterocycles. The largest absolute Gasteiger partial charge is 0.464 e. The van der Waals surface area contributed by atoms with E-state index in [1.54, 1.807) is 0 Å². The zero-order chi connectivity index (χ0) is 19.6. The SMILES string of the molecule is O=C(O)NSCCC(c1ccccc1)N1CCN(CCc2ccccc2)CC1. The fourth-order valence-electron chi connectivity index (χ4n) is 3.75. The van der Waals surface area contributed by atoms with E-state index in [2.05, 4.69) is 69.1 Å². The third-order valence-electron chi connectivity index (χ3n) is 5.24. The Kier molecular flexibility index (Phi) is 8.21. The Hall–Kier alpha value is -2.02. The van der Waals surface area contributed by atoms with Gasteiger partial charge in [-0.05, 0) is 35.9 Å². The normalized spacial score (nSPS) is 16.6. The molecular formula is C22H29N3O2S. The van der Waals surface area contributed by atoms with Crippen molar-refractivity contribution in [3.8, 4) is 0 Å². The van der Waals surface area contributed by atoms with Crippen LogP contribution in [0, 0.1) is 0 Å². The molecule has 150 valence electrons. The zero-order valence-corrected chi connectivity index (χ0v) is 17.0. The Morgan fingerprint density at radius 1 is 1.00 bits per heavy atom. The number of benzene rings is 2. The van der Waals surface area contributed by atoms with E-state index in [1.165, 1.54) is 23.1 Å². The van der Waals surface area contributed by atoms with Crippen molar-refractivity contribution in [2.45, 2.75) is 18.9 Å². The minimum atomic E-state index is -0.978. The monoisotopic (exact) mass is 399 g/mol. The van der Waals surface area contributed by atoms with Crippen LogP contribution in [0.5, 0.6) is 0 Å². The Morgan fingerprint density at radius 3 is 2.29 bits per heavy atom. The van der Waals surface area contributed by atoms with Crippen LogP contribution < -0.4 is 4.72 Å². The summed E-state index contributed by atoms with van der Waals surface area (Å²) >= 11 is 1.27. The maximum Gasteiger partial charge on any atom is 0.414 e. The number of nitrogens with one attached hydrogen (secondary N) is 1. The summed E-state index contributed by atoms with van der Waals surface area (Å²) in [6.45, 7) is 5.36. The highest BCUT2D eigenvalue weighted by atomic mass is 32.2. The van der Waals surface area contributed by atoms with Gasteiger partial charge in [-0.1, -0.05) is 60.7 Å². The molecule has 0 bridgehead atoms. The Bertz CT molecular complexity index is 706. The molecule has 5 nitrogen and oxygen atoms in total. The van der Waals surface area contributed by atoms with Crippen molar-refractivity contribution in [1.82, 2.24) is 14.5 Å². The number of nitrogens with zero attached hydrogens (tertiary/aromatic N) is 2. The van der Waals surface area contributed by atoms with E-state index in [4.69, 9.17) is 5.11 Å². The Morgan fingerprint density at radius 2 is 1.64 bits per heavy atom. The third kappa shape index (κ3) is 6.55. The summed E-state index contributed by atoms with van der Waals surface area (Å²) in [7, 11) is 0. The van der Waals surface area contributed by atoms with Crippen LogP contribution in [-0.2, 0) is 6.42 Å². The molecule has 2 aromatic carbocycles. The van der Waals surface area contributed by atoms with Gasteiger partial charge in [0.1, 0.15) is 0 Å². The maximum absolute atomic E-state index is 10.7. The first-order chi connectivity index (χ1) is 13.7. The van der Waals surface area contributed by atoms with E-state index in [9.17, 15) is 4.79 Å². The molecule has 3 rings (SSSR count). The zero-order valence-electron chi connectivity index (χ0n) is 16.2. The highest BCUT2D eigenvalue weighted by Gasteiger charge is 2.24. The maximum atomic E-state index is 10.7. The lowest BCUT2D eigenvalue weighted by Crippen LogP contribution is -2.48. The van der Waals surface area contributed by atoms with Crippen LogP contribution in [0.2, 0.25) is 0 Å². The van der Waals surface area contributed by atoms with Crippen LogP contribution in [0.1, 0.15) is 23.6 Å². The molecule has 1 fully saturated rings. The average molecular weight is 400 g/mol. The topological polar surface area (TPSA) is 55.8 Å². The van der Waals surface area contributed by atoms with Crippen molar-refractivity contribution >= 4 is 18.0 Å². The van der Waals surface area contributed by atoms with Gasteiger partial charge in [-0.15, -0.1) is 0 Å². The molecule has 0 aromatic heterocycles. The number of rotatable bonds is 9. The van der Waals surface area contributed by atoms with Crippen LogP contribution in [0.4, 0.5) is 4.79 Å². The van der Waals surface area contributed by atoms with E-state index >= 15 is 0 Å². The van der Waals surface area contributed by atoms with Gasteiger partial charge in [0.15, 0.2) is 0 Å². The summed E-state index contributed by atoms with van der Waals surface area (Å²) in [5.74, 6) is 0.764. The van der Waals surface area contributed by atoms with E-state index in [1.807, 2.05) is 6.07 Å². The molecular weight excluding hydrogens is 370 g/mol. The van der Waals surface area contributed by atoms with Crippen molar-refractivity contribution in [3.63, 3.8) is 0 Å². The van der Waals surface area contributed by atoms with Crippen LogP contribution >= 0.6 is 11.9 Å². The summed E-state index contributed by atoms with van der Waals surface area (Å²) in [5, 5.41) is 8.76. The summed E-state index contributed by atoms with van der Waals surface area (Å²) < 4.78 is 2.40. The van der Waals surface area contributed by atoms with Gasteiger partial charge in [0.25, 0.3) is 0 Å². The van der Waals surface area contributed by atoms with Crippen molar-refractivity contribution in [2.24, 2.45) is 0 Å². The molecule has 1 atom stereocenters. The van der Waals surface area contributed by atoms with E-state index < -0.39 is 6.09 Å². The summed E-state index contributed by atoms with van der Waals surface area (Å²) in [6.07, 6.45) is 1.05. The van der Waals surface area contributed by atoms with Crippen molar-refractivity contribution in [2.75, 3.05) is 38.5 Å². The van der Waals surface area contributed by atoms with Crippen LogP contribution in [-0.4, -0.2) is 59.5 Å². The van der Waals surface area contributed by atoms with E-state index in [0.29, 0.717) is 6.04 Å². The summed E-state index contributed by atoms with van der Waals surface area (Å²) in [4.78, 5) is 15.8. The Balaban J connectivity index is 1.51. The lowest BCUT2D eigenvalue weighted by atomic mass is 10.0. The van der Waals surface area contributed by atoms with E-state index in [0.717, 1.165) is 51.3 Å². The molecule has 1 unspecified atom stereocenters. The quantitative estimate of drug-likeness (QED) is 0.495. The first-order valence-corrected chi connectivity index (χ1v) is 10.9. The lowest BCUT2D eigenvalue weighted by molar-refractivity contribution is 0.0949. The second-order valence-corrected chi connectivity index (χ2v) is 7.99. The molecule has 0 aliphatic carbocycles. The first-order valence-electron chi connectivity index (χ1n) is 9.88. The van der Waals surface area contributed by atoms with Crippen molar-refractivity contribution in [1.29, 1.82) is 0 Å². The number of carboxylic acid groups (broad SMARTS) is 1. The lowest BCUT2D eigenvalue weighted by Gasteiger charge is -2.39. The fourth-order valence-corrected chi connectivity index (χ4v) is 4.32. The van der Waals surface area contributed by atoms with Gasteiger partial charge in [0.05, 0.1) is 0 Å². The van der Waals surface area contributed by atoms with Gasteiger partial charge in [0, 0.05) is 44.5 Å². The molecule has 1 aliphatic rings. The second-order valence-electron chi connectivity index (χ2n) is 7.08. The molecule has 0 spiro atoms. The van der Waals surface area contributed by atoms with Crippen molar-refractivity contribution in [3.05, 3.63) is 71.8 Å². The van der Waals surface area contributed by atoms with Crippen LogP contribution in [0.15, 0.2) is 60.7 Å². The van der Waals surface area contributed by atoms with Gasteiger partial charge in [0.2, 0.25) is 0 Å². The standard InChI is InChI=1S/C22H29N3O2S/c26-22(27)23-28-18-12-21(20-9-5-2-6-10-20)25-16-14-24(15-17-25)13-11-19-7-3-1-4-8-19/h1-10,21,23H,11-18H2,(H,26,27). The Labute approximate surface area is 171 Å². The smallest absolute Gasteiger partial charge is 0.414 e. The van der Waals surface area contributed by atoms with Gasteiger partial charge >= 0.3 is 6.09 Å². The summed E-state index contributed by atoms with van der Waals surface area (Å²) in [6, 6.07) is 21.6. The average Bonchev–Trinajstić information content (AvgIpc) is 2.74. The number of piperazine rings is 1. The molecule has 1 aliphatic heterocycles. The summed E-state index contributed by atoms with van der Waals surface area (Å²) in [5.41, 5.74) is 2.71. The molecule has 1 amide bonds. The highest BCUT2D eigenvalue weighted by molar-refractivity contribution is 7.97. The van der Waals surface area contributed by atoms with Crippen LogP contribution in [0.3, 0.4) is 0 Å².